The van der Waals surface area contributed by atoms with Crippen molar-refractivity contribution in [3.63, 3.8) is 0 Å². The number of aryl methyl sites for hydroxylation is 1. The lowest BCUT2D eigenvalue weighted by atomic mass is 9.79. The van der Waals surface area contributed by atoms with Crippen molar-refractivity contribution in [2.75, 3.05) is 6.54 Å². The molecule has 0 radical (unpaired) electrons. The van der Waals surface area contributed by atoms with E-state index in [4.69, 9.17) is 5.73 Å². The van der Waals surface area contributed by atoms with Crippen LogP contribution in [0, 0.1) is 0 Å². The van der Waals surface area contributed by atoms with Crippen LogP contribution in [-0.2, 0) is 16.8 Å². The Kier molecular flexibility index (Phi) is 4.22. The number of benzene rings is 1. The molecule has 0 fully saturated rings. The quantitative estimate of drug-likeness (QED) is 0.743. The lowest BCUT2D eigenvalue weighted by molar-refractivity contribution is -0.118. The Labute approximate surface area is 114 Å². The van der Waals surface area contributed by atoms with Gasteiger partial charge < -0.3 is 16.2 Å². The molecule has 0 heterocycles. The largest absolute Gasteiger partial charge is 0.384 e. The monoisotopic (exact) mass is 262 g/mol. The third-order valence-corrected chi connectivity index (χ3v) is 3.81. The molecule has 2 atom stereocenters. The van der Waals surface area contributed by atoms with Gasteiger partial charge in [-0.1, -0.05) is 24.3 Å². The van der Waals surface area contributed by atoms with Crippen LogP contribution in [0.1, 0.15) is 37.3 Å². The standard InChI is InChI=1S/C15H22N2O2/c1-11(9-14(16)18)17-10-15(19)8-4-6-12-5-2-3-7-13(12)15/h2-3,5,7,11,17,19H,4,6,8-10H2,1H3,(H2,16,18). The maximum atomic E-state index is 10.9. The average Bonchev–Trinajstić information content (AvgIpc) is 2.36. The number of nitrogens with two attached hydrogens (primary N) is 1. The number of amides is 1. The number of nitrogens with one attached hydrogen (secondary N) is 1. The molecule has 2 unspecified atom stereocenters. The highest BCUT2D eigenvalue weighted by Crippen LogP contribution is 2.34. The van der Waals surface area contributed by atoms with E-state index in [1.165, 1.54) is 5.56 Å². The molecular formula is C15H22N2O2. The van der Waals surface area contributed by atoms with Crippen molar-refractivity contribution in [3.05, 3.63) is 35.4 Å². The van der Waals surface area contributed by atoms with Gasteiger partial charge in [0.05, 0.1) is 0 Å². The number of aliphatic hydroxyl groups is 1. The summed E-state index contributed by atoms with van der Waals surface area (Å²) in [6.45, 7) is 2.36. The Morgan fingerprint density at radius 1 is 1.53 bits per heavy atom. The van der Waals surface area contributed by atoms with E-state index in [0.29, 0.717) is 6.54 Å². The van der Waals surface area contributed by atoms with E-state index in [0.717, 1.165) is 24.8 Å². The number of rotatable bonds is 5. The van der Waals surface area contributed by atoms with Gasteiger partial charge in [0.1, 0.15) is 5.60 Å². The van der Waals surface area contributed by atoms with Crippen LogP contribution in [0.25, 0.3) is 0 Å². The summed E-state index contributed by atoms with van der Waals surface area (Å²) in [7, 11) is 0. The van der Waals surface area contributed by atoms with Gasteiger partial charge in [0.2, 0.25) is 5.91 Å². The SMILES string of the molecule is CC(CC(N)=O)NCC1(O)CCCc2ccccc21. The van der Waals surface area contributed by atoms with E-state index in [2.05, 4.69) is 11.4 Å². The number of hydrogen-bond donors (Lipinski definition) is 3. The first kappa shape index (κ1) is 14.0. The Morgan fingerprint density at radius 3 is 3.00 bits per heavy atom. The maximum Gasteiger partial charge on any atom is 0.218 e. The van der Waals surface area contributed by atoms with Crippen molar-refractivity contribution in [1.82, 2.24) is 5.32 Å². The summed E-state index contributed by atoms with van der Waals surface area (Å²) in [5, 5.41) is 14.0. The van der Waals surface area contributed by atoms with E-state index in [1.54, 1.807) is 0 Å². The molecule has 4 N–H and O–H groups in total. The molecule has 0 saturated heterocycles. The van der Waals surface area contributed by atoms with Crippen molar-refractivity contribution < 1.29 is 9.90 Å². The molecule has 0 spiro atoms. The molecule has 1 aliphatic carbocycles. The van der Waals surface area contributed by atoms with Gasteiger partial charge in [0, 0.05) is 19.0 Å². The third-order valence-electron chi connectivity index (χ3n) is 3.81. The van der Waals surface area contributed by atoms with Crippen molar-refractivity contribution >= 4 is 5.91 Å². The van der Waals surface area contributed by atoms with Gasteiger partial charge in [-0.2, -0.15) is 0 Å². The van der Waals surface area contributed by atoms with Gasteiger partial charge in [-0.15, -0.1) is 0 Å². The fraction of sp³-hybridized carbons (Fsp3) is 0.533. The molecule has 4 nitrogen and oxygen atoms in total. The van der Waals surface area contributed by atoms with Crippen molar-refractivity contribution in [1.29, 1.82) is 0 Å². The zero-order valence-corrected chi connectivity index (χ0v) is 11.4. The number of carbonyl (C=O) groups excluding carboxylic acids is 1. The van der Waals surface area contributed by atoms with E-state index >= 15 is 0 Å². The van der Waals surface area contributed by atoms with Gasteiger partial charge >= 0.3 is 0 Å². The van der Waals surface area contributed by atoms with Crippen LogP contribution in [-0.4, -0.2) is 23.6 Å². The maximum absolute atomic E-state index is 10.9. The highest BCUT2D eigenvalue weighted by Gasteiger charge is 2.34. The molecule has 1 amide bonds. The molecule has 1 aliphatic rings. The molecule has 0 aliphatic heterocycles. The fourth-order valence-electron chi connectivity index (χ4n) is 2.80. The highest BCUT2D eigenvalue weighted by atomic mass is 16.3. The zero-order valence-electron chi connectivity index (χ0n) is 11.4. The summed E-state index contributed by atoms with van der Waals surface area (Å²) in [4.78, 5) is 10.9. The molecule has 0 saturated carbocycles. The minimum absolute atomic E-state index is 0.0180. The van der Waals surface area contributed by atoms with Crippen LogP contribution < -0.4 is 11.1 Å². The van der Waals surface area contributed by atoms with Crippen LogP contribution >= 0.6 is 0 Å². The van der Waals surface area contributed by atoms with Gasteiger partial charge in [0.15, 0.2) is 0 Å². The Hall–Kier alpha value is -1.39. The summed E-state index contributed by atoms with van der Waals surface area (Å²) >= 11 is 0. The Morgan fingerprint density at radius 2 is 2.26 bits per heavy atom. The smallest absolute Gasteiger partial charge is 0.218 e. The lowest BCUT2D eigenvalue weighted by Crippen LogP contribution is -2.44. The first-order valence-corrected chi connectivity index (χ1v) is 6.84. The number of hydrogen-bond acceptors (Lipinski definition) is 3. The molecule has 1 aromatic rings. The molecular weight excluding hydrogens is 240 g/mol. The van der Waals surface area contributed by atoms with Crippen LogP contribution in [0.4, 0.5) is 0 Å². The summed E-state index contributed by atoms with van der Waals surface area (Å²) in [5.41, 5.74) is 6.57. The fourth-order valence-corrected chi connectivity index (χ4v) is 2.80. The molecule has 1 aromatic carbocycles. The summed E-state index contributed by atoms with van der Waals surface area (Å²) in [6.07, 6.45) is 3.05. The number of fused-ring (bicyclic) bond motifs is 1. The van der Waals surface area contributed by atoms with E-state index in [1.807, 2.05) is 25.1 Å². The summed E-state index contributed by atoms with van der Waals surface area (Å²) in [5.74, 6) is -0.323. The average molecular weight is 262 g/mol. The Bertz CT molecular complexity index is 461. The van der Waals surface area contributed by atoms with Crippen LogP contribution in [0.15, 0.2) is 24.3 Å². The minimum Gasteiger partial charge on any atom is -0.384 e. The zero-order chi connectivity index (χ0) is 13.9. The highest BCUT2D eigenvalue weighted by molar-refractivity contribution is 5.74. The molecule has 0 bridgehead atoms. The predicted octanol–water partition coefficient (Wildman–Crippen LogP) is 1.06. The molecule has 4 heteroatoms. The summed E-state index contributed by atoms with van der Waals surface area (Å²) < 4.78 is 0. The first-order chi connectivity index (χ1) is 9.01. The van der Waals surface area contributed by atoms with E-state index in [9.17, 15) is 9.90 Å². The lowest BCUT2D eigenvalue weighted by Gasteiger charge is -2.35. The van der Waals surface area contributed by atoms with Gasteiger partial charge in [0.25, 0.3) is 0 Å². The number of primary amides is 1. The second kappa shape index (κ2) is 5.72. The van der Waals surface area contributed by atoms with Crippen LogP contribution in [0.3, 0.4) is 0 Å². The van der Waals surface area contributed by atoms with E-state index < -0.39 is 5.60 Å². The minimum atomic E-state index is -0.833. The third kappa shape index (κ3) is 3.33. The predicted molar refractivity (Wildman–Crippen MR) is 74.6 cm³/mol. The van der Waals surface area contributed by atoms with Crippen molar-refractivity contribution in [2.45, 2.75) is 44.2 Å². The van der Waals surface area contributed by atoms with E-state index in [-0.39, 0.29) is 18.4 Å². The molecule has 104 valence electrons. The van der Waals surface area contributed by atoms with Gasteiger partial charge in [-0.05, 0) is 37.3 Å². The molecule has 2 rings (SSSR count). The van der Waals surface area contributed by atoms with Gasteiger partial charge in [-0.3, -0.25) is 4.79 Å². The number of carbonyl (C=O) groups is 1. The molecule has 0 aromatic heterocycles. The Balaban J connectivity index is 2.05. The summed E-state index contributed by atoms with van der Waals surface area (Å²) in [6, 6.07) is 8.02. The second-order valence-corrected chi connectivity index (χ2v) is 5.49. The van der Waals surface area contributed by atoms with Crippen LogP contribution in [0.2, 0.25) is 0 Å². The normalized spacial score (nSPS) is 23.7. The van der Waals surface area contributed by atoms with Crippen LogP contribution in [0.5, 0.6) is 0 Å². The second-order valence-electron chi connectivity index (χ2n) is 5.49. The topological polar surface area (TPSA) is 75.4 Å². The van der Waals surface area contributed by atoms with Crippen molar-refractivity contribution in [3.8, 4) is 0 Å². The molecule has 19 heavy (non-hydrogen) atoms. The van der Waals surface area contributed by atoms with Gasteiger partial charge in [-0.25, -0.2) is 0 Å². The van der Waals surface area contributed by atoms with Crippen molar-refractivity contribution in [2.24, 2.45) is 5.73 Å². The first-order valence-electron chi connectivity index (χ1n) is 6.84.